The lowest BCUT2D eigenvalue weighted by Gasteiger charge is -2.12. The number of aromatic nitrogens is 1. The van der Waals surface area contributed by atoms with Crippen LogP contribution >= 0.6 is 11.3 Å². The van der Waals surface area contributed by atoms with Gasteiger partial charge in [0.05, 0.1) is 15.9 Å². The molecule has 3 aromatic rings. The molecule has 0 unspecified atom stereocenters. The molecule has 0 spiro atoms. The monoisotopic (exact) mass is 395 g/mol. The third-order valence-corrected chi connectivity index (χ3v) is 6.40. The first-order valence-corrected chi connectivity index (χ1v) is 11.3. The molecule has 3 nitrogen and oxygen atoms in total. The molecule has 4 heteroatoms. The third kappa shape index (κ3) is 4.33. The largest absolute Gasteiger partial charge is 0.398 e. The predicted octanol–water partition coefficient (Wildman–Crippen LogP) is 7.23. The zero-order valence-electron chi connectivity index (χ0n) is 17.9. The molecule has 0 aliphatic carbocycles. The number of benzene rings is 2. The number of hydrogen-bond donors (Lipinski definition) is 2. The minimum Gasteiger partial charge on any atom is -0.398 e. The van der Waals surface area contributed by atoms with Crippen molar-refractivity contribution < 1.29 is 0 Å². The van der Waals surface area contributed by atoms with Gasteiger partial charge in [-0.2, -0.15) is 0 Å². The molecule has 2 aromatic carbocycles. The smallest absolute Gasteiger partial charge is 0.188 e. The van der Waals surface area contributed by atoms with E-state index in [9.17, 15) is 0 Å². The average molecular weight is 396 g/mol. The van der Waals surface area contributed by atoms with E-state index >= 15 is 0 Å². The molecular formula is C24H33N3S. The Bertz CT molecular complexity index is 949. The molecule has 3 N–H and O–H groups in total. The van der Waals surface area contributed by atoms with Gasteiger partial charge < -0.3 is 11.1 Å². The van der Waals surface area contributed by atoms with Crippen molar-refractivity contribution in [3.8, 4) is 0 Å². The van der Waals surface area contributed by atoms with Crippen molar-refractivity contribution in [1.29, 1.82) is 0 Å². The number of nitrogen functional groups attached to an aromatic ring is 1. The number of thiazole rings is 1. The minimum atomic E-state index is 0.865. The molecule has 0 aliphatic heterocycles. The molecule has 0 bridgehead atoms. The molecule has 0 atom stereocenters. The molecule has 0 fully saturated rings. The lowest BCUT2D eigenvalue weighted by molar-refractivity contribution is 0.761. The van der Waals surface area contributed by atoms with E-state index in [0.29, 0.717) is 0 Å². The van der Waals surface area contributed by atoms with Crippen LogP contribution < -0.4 is 11.1 Å². The zero-order chi connectivity index (χ0) is 20.3. The molecule has 0 saturated carbocycles. The van der Waals surface area contributed by atoms with Crippen LogP contribution in [0.15, 0.2) is 18.2 Å². The Hall–Kier alpha value is -2.07. The Labute approximate surface area is 173 Å². The third-order valence-electron chi connectivity index (χ3n) is 5.38. The fourth-order valence-corrected chi connectivity index (χ4v) is 4.90. The van der Waals surface area contributed by atoms with Gasteiger partial charge in [-0.05, 0) is 74.8 Å². The van der Waals surface area contributed by atoms with Crippen molar-refractivity contribution in [2.75, 3.05) is 11.1 Å². The Morgan fingerprint density at radius 1 is 0.964 bits per heavy atom. The van der Waals surface area contributed by atoms with Crippen LogP contribution in [0.5, 0.6) is 0 Å². The number of aryl methyl sites for hydroxylation is 5. The molecule has 0 saturated heterocycles. The highest BCUT2D eigenvalue weighted by molar-refractivity contribution is 7.22. The second-order valence-corrected chi connectivity index (χ2v) is 8.91. The Morgan fingerprint density at radius 2 is 1.61 bits per heavy atom. The van der Waals surface area contributed by atoms with Gasteiger partial charge >= 0.3 is 0 Å². The molecule has 0 amide bonds. The topological polar surface area (TPSA) is 50.9 Å². The number of nitrogens with one attached hydrogen (secondary N) is 1. The van der Waals surface area contributed by atoms with E-state index < -0.39 is 0 Å². The van der Waals surface area contributed by atoms with Gasteiger partial charge in [0.25, 0.3) is 0 Å². The molecular weight excluding hydrogens is 362 g/mol. The molecule has 150 valence electrons. The van der Waals surface area contributed by atoms with Crippen LogP contribution in [0.3, 0.4) is 0 Å². The molecule has 3 rings (SSSR count). The minimum absolute atomic E-state index is 0.865. The average Bonchev–Trinajstić information content (AvgIpc) is 3.07. The van der Waals surface area contributed by atoms with Gasteiger partial charge in [0.15, 0.2) is 5.13 Å². The van der Waals surface area contributed by atoms with E-state index in [1.54, 1.807) is 11.3 Å². The standard InChI is InChI=1S/C24H33N3S/c1-6-8-10-18-14-20(25)23-22(19(18)11-9-7-2)27-24(28-23)26-21-16(4)12-15(3)13-17(21)5/h12-14H,6-11,25H2,1-5H3,(H,26,27). The molecule has 0 radical (unpaired) electrons. The summed E-state index contributed by atoms with van der Waals surface area (Å²) in [6, 6.07) is 6.63. The second kappa shape index (κ2) is 8.95. The van der Waals surface area contributed by atoms with E-state index in [2.05, 4.69) is 58.1 Å². The van der Waals surface area contributed by atoms with Crippen LogP contribution in [-0.4, -0.2) is 4.98 Å². The number of nitrogens with two attached hydrogens (primary N) is 1. The van der Waals surface area contributed by atoms with Gasteiger partial charge in [-0.3, -0.25) is 0 Å². The van der Waals surface area contributed by atoms with Crippen molar-refractivity contribution >= 4 is 38.1 Å². The summed E-state index contributed by atoms with van der Waals surface area (Å²) < 4.78 is 1.12. The molecule has 1 aromatic heterocycles. The summed E-state index contributed by atoms with van der Waals surface area (Å²) in [4.78, 5) is 5.02. The maximum Gasteiger partial charge on any atom is 0.188 e. The van der Waals surface area contributed by atoms with Gasteiger partial charge in [-0.1, -0.05) is 55.7 Å². The normalized spacial score (nSPS) is 11.3. The zero-order valence-corrected chi connectivity index (χ0v) is 18.7. The van der Waals surface area contributed by atoms with Crippen molar-refractivity contribution in [1.82, 2.24) is 4.98 Å². The van der Waals surface area contributed by atoms with E-state index in [-0.39, 0.29) is 0 Å². The fraction of sp³-hybridized carbons (Fsp3) is 0.458. The molecule has 1 heterocycles. The summed E-state index contributed by atoms with van der Waals surface area (Å²) in [5.74, 6) is 0. The number of nitrogens with zero attached hydrogens (tertiary/aromatic N) is 1. The predicted molar refractivity (Wildman–Crippen MR) is 125 cm³/mol. The van der Waals surface area contributed by atoms with E-state index in [1.807, 2.05) is 0 Å². The fourth-order valence-electron chi connectivity index (χ4n) is 3.97. The van der Waals surface area contributed by atoms with Gasteiger partial charge in [0.1, 0.15) is 0 Å². The highest BCUT2D eigenvalue weighted by atomic mass is 32.1. The Balaban J connectivity index is 2.05. The molecule has 28 heavy (non-hydrogen) atoms. The van der Waals surface area contributed by atoms with Crippen molar-refractivity contribution in [3.05, 3.63) is 46.0 Å². The van der Waals surface area contributed by atoms with Crippen LogP contribution in [0.4, 0.5) is 16.5 Å². The van der Waals surface area contributed by atoms with Crippen LogP contribution in [0, 0.1) is 20.8 Å². The van der Waals surface area contributed by atoms with Gasteiger partial charge in [0, 0.05) is 5.69 Å². The first kappa shape index (κ1) is 20.7. The number of unbranched alkanes of at least 4 members (excludes halogenated alkanes) is 2. The van der Waals surface area contributed by atoms with Crippen molar-refractivity contribution in [2.45, 2.75) is 73.1 Å². The summed E-state index contributed by atoms with van der Waals surface area (Å²) in [7, 11) is 0. The Kier molecular flexibility index (Phi) is 6.61. The number of fused-ring (bicyclic) bond motifs is 1. The lowest BCUT2D eigenvalue weighted by atomic mass is 9.96. The van der Waals surface area contributed by atoms with Gasteiger partial charge in [-0.15, -0.1) is 0 Å². The quantitative estimate of drug-likeness (QED) is 0.395. The maximum absolute atomic E-state index is 6.46. The van der Waals surface area contributed by atoms with E-state index in [0.717, 1.165) is 39.6 Å². The van der Waals surface area contributed by atoms with E-state index in [4.69, 9.17) is 10.7 Å². The first-order chi connectivity index (χ1) is 13.4. The summed E-state index contributed by atoms with van der Waals surface area (Å²) in [6.07, 6.45) is 6.94. The van der Waals surface area contributed by atoms with Crippen molar-refractivity contribution in [3.63, 3.8) is 0 Å². The molecule has 0 aliphatic rings. The van der Waals surface area contributed by atoms with Gasteiger partial charge in [0.2, 0.25) is 0 Å². The summed E-state index contributed by atoms with van der Waals surface area (Å²) in [5.41, 5.74) is 16.2. The van der Waals surface area contributed by atoms with Crippen LogP contribution in [0.25, 0.3) is 10.2 Å². The van der Waals surface area contributed by atoms with Gasteiger partial charge in [-0.25, -0.2) is 4.98 Å². The van der Waals surface area contributed by atoms with E-state index in [1.165, 1.54) is 53.5 Å². The number of anilines is 3. The maximum atomic E-state index is 6.46. The Morgan fingerprint density at radius 3 is 2.25 bits per heavy atom. The summed E-state index contributed by atoms with van der Waals surface area (Å²) >= 11 is 1.67. The lowest BCUT2D eigenvalue weighted by Crippen LogP contribution is -2.00. The number of hydrogen-bond acceptors (Lipinski definition) is 4. The van der Waals surface area contributed by atoms with Crippen molar-refractivity contribution in [2.24, 2.45) is 0 Å². The summed E-state index contributed by atoms with van der Waals surface area (Å²) in [5, 5.41) is 4.51. The highest BCUT2D eigenvalue weighted by Crippen LogP contribution is 2.38. The highest BCUT2D eigenvalue weighted by Gasteiger charge is 2.16. The first-order valence-electron chi connectivity index (χ1n) is 10.5. The number of rotatable bonds is 8. The second-order valence-electron chi connectivity index (χ2n) is 7.91. The van der Waals surface area contributed by atoms with Crippen LogP contribution in [-0.2, 0) is 12.8 Å². The summed E-state index contributed by atoms with van der Waals surface area (Å²) in [6.45, 7) is 10.9. The SMILES string of the molecule is CCCCc1cc(N)c2sc(Nc3c(C)cc(C)cc3C)nc2c1CCCC. The van der Waals surface area contributed by atoms with Crippen LogP contribution in [0.1, 0.15) is 67.3 Å². The van der Waals surface area contributed by atoms with Crippen LogP contribution in [0.2, 0.25) is 0 Å².